The molecule has 0 atom stereocenters. The molecule has 0 spiro atoms. The fraction of sp³-hybridized carbons (Fsp3) is 0.500. The Morgan fingerprint density at radius 2 is 2.25 bits per heavy atom. The van der Waals surface area contributed by atoms with Crippen LogP contribution in [0.3, 0.4) is 0 Å². The van der Waals surface area contributed by atoms with Gasteiger partial charge in [-0.25, -0.2) is 0 Å². The Morgan fingerprint density at radius 1 is 1.62 bits per heavy atom. The van der Waals surface area contributed by atoms with E-state index in [1.54, 1.807) is 0 Å². The highest BCUT2D eigenvalue weighted by Gasteiger charge is 1.84. The van der Waals surface area contributed by atoms with Crippen molar-refractivity contribution in [2.75, 3.05) is 12.5 Å². The Bertz CT molecular complexity index is 80.1. The summed E-state index contributed by atoms with van der Waals surface area (Å²) in [6, 6.07) is 0. The molecule has 0 radical (unpaired) electrons. The summed E-state index contributed by atoms with van der Waals surface area (Å²) in [5.41, 5.74) is 0. The van der Waals surface area contributed by atoms with Crippen molar-refractivity contribution in [1.29, 1.82) is 0 Å². The van der Waals surface area contributed by atoms with Crippen LogP contribution in [0.2, 0.25) is 0 Å². The third-order valence-corrected chi connectivity index (χ3v) is 0.629. The standard InChI is InChI=1S/C4H6F2OS/c5-4(6)1-2-7-3-8/h1,8H,2-3H2. The first kappa shape index (κ1) is 7.91. The lowest BCUT2D eigenvalue weighted by Gasteiger charge is -1.89. The molecule has 0 aromatic heterocycles. The molecule has 0 unspecified atom stereocenters. The Hall–Kier alpha value is -0.0900. The van der Waals surface area contributed by atoms with Gasteiger partial charge in [-0.15, -0.1) is 0 Å². The summed E-state index contributed by atoms with van der Waals surface area (Å²) >= 11 is 3.63. The molecule has 0 aromatic carbocycles. The van der Waals surface area contributed by atoms with E-state index in [1.165, 1.54) is 0 Å². The van der Waals surface area contributed by atoms with Gasteiger partial charge in [-0.2, -0.15) is 21.4 Å². The predicted octanol–water partition coefficient (Wildman–Crippen LogP) is 1.67. The molecule has 1 nitrogen and oxygen atoms in total. The van der Waals surface area contributed by atoms with Crippen molar-refractivity contribution in [2.24, 2.45) is 0 Å². The number of thiol groups is 1. The summed E-state index contributed by atoms with van der Waals surface area (Å²) in [6.45, 7) is -0.0637. The number of halogens is 2. The third kappa shape index (κ3) is 5.91. The van der Waals surface area contributed by atoms with Crippen molar-refractivity contribution in [3.8, 4) is 0 Å². The zero-order valence-corrected chi connectivity index (χ0v) is 5.00. The van der Waals surface area contributed by atoms with E-state index in [4.69, 9.17) is 0 Å². The van der Waals surface area contributed by atoms with E-state index in [0.29, 0.717) is 6.08 Å². The first-order chi connectivity index (χ1) is 3.77. The summed E-state index contributed by atoms with van der Waals surface area (Å²) in [6.07, 6.45) is -1.03. The highest BCUT2D eigenvalue weighted by atomic mass is 32.1. The second-order valence-corrected chi connectivity index (χ2v) is 1.25. The largest absolute Gasteiger partial charge is 0.367 e. The van der Waals surface area contributed by atoms with Crippen LogP contribution in [0.25, 0.3) is 0 Å². The van der Waals surface area contributed by atoms with Gasteiger partial charge in [0.05, 0.1) is 12.5 Å². The third-order valence-electron chi connectivity index (χ3n) is 0.447. The molecule has 0 aliphatic heterocycles. The van der Waals surface area contributed by atoms with Crippen molar-refractivity contribution in [1.82, 2.24) is 0 Å². The Kier molecular flexibility index (Phi) is 5.00. The molecule has 0 saturated heterocycles. The van der Waals surface area contributed by atoms with Crippen molar-refractivity contribution < 1.29 is 13.5 Å². The molecule has 0 fully saturated rings. The molecule has 0 aliphatic rings. The summed E-state index contributed by atoms with van der Waals surface area (Å²) < 4.78 is 26.7. The second kappa shape index (κ2) is 5.05. The minimum Gasteiger partial charge on any atom is -0.367 e. The van der Waals surface area contributed by atoms with Gasteiger partial charge in [-0.1, -0.05) is 0 Å². The average Bonchev–Trinajstić information content (AvgIpc) is 1.66. The van der Waals surface area contributed by atoms with Gasteiger partial charge in [0.25, 0.3) is 6.08 Å². The maximum atomic E-state index is 11.1. The minimum absolute atomic E-state index is 0.0637. The molecule has 0 amide bonds. The molecule has 0 rings (SSSR count). The second-order valence-electron chi connectivity index (χ2n) is 0.994. The topological polar surface area (TPSA) is 9.23 Å². The molecule has 0 bridgehead atoms. The van der Waals surface area contributed by atoms with Gasteiger partial charge in [-0.3, -0.25) is 0 Å². The van der Waals surface area contributed by atoms with Crippen LogP contribution < -0.4 is 0 Å². The van der Waals surface area contributed by atoms with Gasteiger partial charge in [0.2, 0.25) is 0 Å². The highest BCUT2D eigenvalue weighted by Crippen LogP contribution is 1.95. The van der Waals surface area contributed by atoms with E-state index in [9.17, 15) is 8.78 Å². The minimum atomic E-state index is -1.72. The monoisotopic (exact) mass is 140 g/mol. The van der Waals surface area contributed by atoms with E-state index in [1.807, 2.05) is 0 Å². The Balaban J connectivity index is 3.03. The van der Waals surface area contributed by atoms with E-state index in [2.05, 4.69) is 17.4 Å². The number of rotatable bonds is 3. The van der Waals surface area contributed by atoms with Crippen molar-refractivity contribution in [3.63, 3.8) is 0 Å². The molecule has 0 aliphatic carbocycles. The van der Waals surface area contributed by atoms with E-state index in [0.717, 1.165) is 0 Å². The van der Waals surface area contributed by atoms with Crippen LogP contribution in [0.1, 0.15) is 0 Å². The zero-order valence-electron chi connectivity index (χ0n) is 4.10. The smallest absolute Gasteiger partial charge is 0.268 e. The molecular weight excluding hydrogens is 134 g/mol. The van der Waals surface area contributed by atoms with Crippen LogP contribution in [-0.2, 0) is 4.74 Å². The van der Waals surface area contributed by atoms with Crippen LogP contribution in [0.4, 0.5) is 8.78 Å². The molecule has 8 heavy (non-hydrogen) atoms. The van der Waals surface area contributed by atoms with Gasteiger partial charge >= 0.3 is 0 Å². The maximum absolute atomic E-state index is 11.1. The van der Waals surface area contributed by atoms with Crippen LogP contribution in [0, 0.1) is 0 Å². The van der Waals surface area contributed by atoms with Gasteiger partial charge in [0.1, 0.15) is 0 Å². The van der Waals surface area contributed by atoms with Crippen LogP contribution in [0.15, 0.2) is 12.2 Å². The lowest BCUT2D eigenvalue weighted by atomic mass is 10.7. The van der Waals surface area contributed by atoms with Crippen LogP contribution >= 0.6 is 12.6 Å². The summed E-state index contributed by atoms with van der Waals surface area (Å²) in [5.74, 6) is 0.170. The summed E-state index contributed by atoms with van der Waals surface area (Å²) in [4.78, 5) is 0. The molecular formula is C4H6F2OS. The van der Waals surface area contributed by atoms with Crippen molar-refractivity contribution in [3.05, 3.63) is 12.2 Å². The van der Waals surface area contributed by atoms with E-state index < -0.39 is 6.08 Å². The van der Waals surface area contributed by atoms with E-state index >= 15 is 0 Å². The zero-order chi connectivity index (χ0) is 6.41. The van der Waals surface area contributed by atoms with Crippen molar-refractivity contribution in [2.45, 2.75) is 0 Å². The van der Waals surface area contributed by atoms with E-state index in [-0.39, 0.29) is 12.5 Å². The van der Waals surface area contributed by atoms with Gasteiger partial charge in [0, 0.05) is 6.08 Å². The van der Waals surface area contributed by atoms with Gasteiger partial charge in [-0.05, 0) is 0 Å². The maximum Gasteiger partial charge on any atom is 0.268 e. The highest BCUT2D eigenvalue weighted by molar-refractivity contribution is 7.80. The molecule has 0 saturated carbocycles. The lowest BCUT2D eigenvalue weighted by Crippen LogP contribution is -1.85. The van der Waals surface area contributed by atoms with Crippen LogP contribution in [-0.4, -0.2) is 12.5 Å². The molecule has 4 heteroatoms. The van der Waals surface area contributed by atoms with Gasteiger partial charge < -0.3 is 4.74 Å². The summed E-state index contributed by atoms with van der Waals surface area (Å²) in [7, 11) is 0. The normalized spacial score (nSPS) is 8.88. The number of hydrogen-bond acceptors (Lipinski definition) is 2. The molecule has 0 aromatic rings. The molecule has 0 N–H and O–H groups in total. The molecule has 48 valence electrons. The Labute approximate surface area is 51.7 Å². The predicted molar refractivity (Wildman–Crippen MR) is 30.1 cm³/mol. The first-order valence-corrected chi connectivity index (χ1v) is 2.60. The van der Waals surface area contributed by atoms with Crippen molar-refractivity contribution >= 4 is 12.6 Å². The van der Waals surface area contributed by atoms with Gasteiger partial charge in [0.15, 0.2) is 0 Å². The first-order valence-electron chi connectivity index (χ1n) is 1.97. The molecule has 0 heterocycles. The fourth-order valence-corrected chi connectivity index (χ4v) is 0.280. The lowest BCUT2D eigenvalue weighted by molar-refractivity contribution is 0.213. The number of hydrogen-bond donors (Lipinski definition) is 1. The summed E-state index contributed by atoms with van der Waals surface area (Å²) in [5, 5.41) is 0. The Morgan fingerprint density at radius 3 is 2.62 bits per heavy atom. The number of ether oxygens (including phenoxy) is 1. The average molecular weight is 140 g/mol. The SMILES string of the molecule is FC(F)=CCOCS. The quantitative estimate of drug-likeness (QED) is 0.356. The van der Waals surface area contributed by atoms with Crippen LogP contribution in [0.5, 0.6) is 0 Å². The fourth-order valence-electron chi connectivity index (χ4n) is 0.175.